The first kappa shape index (κ1) is 15.9. The summed E-state index contributed by atoms with van der Waals surface area (Å²) in [6.45, 7) is 0.159. The van der Waals surface area contributed by atoms with Gasteiger partial charge in [0.15, 0.2) is 5.69 Å². The van der Waals surface area contributed by atoms with Crippen molar-refractivity contribution < 1.29 is 9.90 Å². The second kappa shape index (κ2) is 7.52. The number of rotatable bonds is 6. The number of nitrogens with one attached hydrogen (secondary N) is 1. The monoisotopic (exact) mass is 322 g/mol. The van der Waals surface area contributed by atoms with Crippen molar-refractivity contribution in [3.63, 3.8) is 0 Å². The molecule has 0 aliphatic rings. The number of para-hydroxylation sites is 1. The second-order valence-corrected chi connectivity index (χ2v) is 5.41. The zero-order valence-corrected chi connectivity index (χ0v) is 13.0. The van der Waals surface area contributed by atoms with Crippen molar-refractivity contribution in [1.82, 2.24) is 20.3 Å². The molecule has 6 heteroatoms. The Labute approximate surface area is 139 Å². The van der Waals surface area contributed by atoms with Crippen LogP contribution in [0.25, 0.3) is 5.69 Å². The second-order valence-electron chi connectivity index (χ2n) is 5.41. The molecule has 0 bridgehead atoms. The van der Waals surface area contributed by atoms with Crippen LogP contribution >= 0.6 is 0 Å². The van der Waals surface area contributed by atoms with Gasteiger partial charge in [0.1, 0.15) is 0 Å². The van der Waals surface area contributed by atoms with Crippen LogP contribution in [0.4, 0.5) is 0 Å². The van der Waals surface area contributed by atoms with Crippen LogP contribution in [0.3, 0.4) is 0 Å². The molecule has 0 aliphatic heterocycles. The minimum absolute atomic E-state index is 0.159. The Hall–Kier alpha value is -2.99. The molecule has 0 aliphatic carbocycles. The van der Waals surface area contributed by atoms with Gasteiger partial charge in [-0.2, -0.15) is 9.90 Å². The summed E-state index contributed by atoms with van der Waals surface area (Å²) in [5.74, 6) is -0.357. The maximum atomic E-state index is 12.1. The van der Waals surface area contributed by atoms with Crippen molar-refractivity contribution in [1.29, 1.82) is 0 Å². The van der Waals surface area contributed by atoms with E-state index in [0.717, 1.165) is 11.3 Å². The van der Waals surface area contributed by atoms with Crippen LogP contribution in [0, 0.1) is 0 Å². The Morgan fingerprint density at radius 3 is 2.46 bits per heavy atom. The quantitative estimate of drug-likeness (QED) is 0.722. The van der Waals surface area contributed by atoms with Gasteiger partial charge in [-0.3, -0.25) is 4.79 Å². The molecule has 1 heterocycles. The maximum absolute atomic E-state index is 12.1. The fraction of sp³-hybridized carbons (Fsp3) is 0.167. The normalized spacial score (nSPS) is 11.9. The molecule has 1 atom stereocenters. The van der Waals surface area contributed by atoms with Gasteiger partial charge in [-0.25, -0.2) is 0 Å². The van der Waals surface area contributed by atoms with Gasteiger partial charge >= 0.3 is 0 Å². The molecule has 2 N–H and O–H groups in total. The third-order valence-corrected chi connectivity index (χ3v) is 3.52. The smallest absolute Gasteiger partial charge is 0.273 e. The molecule has 3 aromatic rings. The lowest BCUT2D eigenvalue weighted by Crippen LogP contribution is -2.33. The van der Waals surface area contributed by atoms with Crippen molar-refractivity contribution in [2.45, 2.75) is 12.5 Å². The van der Waals surface area contributed by atoms with Crippen molar-refractivity contribution in [3.05, 3.63) is 78.1 Å². The molecule has 1 unspecified atom stereocenters. The van der Waals surface area contributed by atoms with Gasteiger partial charge < -0.3 is 10.4 Å². The van der Waals surface area contributed by atoms with E-state index in [9.17, 15) is 9.90 Å². The van der Waals surface area contributed by atoms with E-state index in [1.807, 2.05) is 60.7 Å². The van der Waals surface area contributed by atoms with Crippen LogP contribution in [-0.4, -0.2) is 38.7 Å². The zero-order valence-electron chi connectivity index (χ0n) is 13.0. The summed E-state index contributed by atoms with van der Waals surface area (Å²) in [5.41, 5.74) is 2.01. The number of aromatic nitrogens is 3. The summed E-state index contributed by atoms with van der Waals surface area (Å²) < 4.78 is 0. The lowest BCUT2D eigenvalue weighted by atomic mass is 10.1. The molecule has 0 radical (unpaired) electrons. The molecule has 24 heavy (non-hydrogen) atoms. The number of aliphatic hydroxyl groups is 1. The Morgan fingerprint density at radius 1 is 1.08 bits per heavy atom. The van der Waals surface area contributed by atoms with Crippen LogP contribution in [0.1, 0.15) is 16.1 Å². The predicted octanol–water partition coefficient (Wildman–Crippen LogP) is 1.60. The highest BCUT2D eigenvalue weighted by Gasteiger charge is 2.13. The van der Waals surface area contributed by atoms with Gasteiger partial charge in [-0.15, -0.1) is 5.10 Å². The summed E-state index contributed by atoms with van der Waals surface area (Å²) in [6.07, 6.45) is 1.24. The number of benzene rings is 2. The molecule has 6 nitrogen and oxygen atoms in total. The van der Waals surface area contributed by atoms with Crippen LogP contribution in [-0.2, 0) is 6.42 Å². The van der Waals surface area contributed by atoms with Gasteiger partial charge in [-0.05, 0) is 17.7 Å². The van der Waals surface area contributed by atoms with Crippen molar-refractivity contribution in [3.8, 4) is 5.69 Å². The van der Waals surface area contributed by atoms with E-state index in [4.69, 9.17) is 0 Å². The molecule has 1 amide bonds. The van der Waals surface area contributed by atoms with E-state index < -0.39 is 6.10 Å². The highest BCUT2D eigenvalue weighted by molar-refractivity contribution is 5.91. The first-order valence-electron chi connectivity index (χ1n) is 7.70. The van der Waals surface area contributed by atoms with Crippen LogP contribution in [0.2, 0.25) is 0 Å². The summed E-state index contributed by atoms with van der Waals surface area (Å²) in [5, 5.41) is 20.9. The Morgan fingerprint density at radius 2 is 1.75 bits per heavy atom. The van der Waals surface area contributed by atoms with Crippen molar-refractivity contribution in [2.75, 3.05) is 6.54 Å². The summed E-state index contributed by atoms with van der Waals surface area (Å²) >= 11 is 0. The maximum Gasteiger partial charge on any atom is 0.273 e. The lowest BCUT2D eigenvalue weighted by Gasteiger charge is -2.11. The number of hydrogen-bond acceptors (Lipinski definition) is 4. The van der Waals surface area contributed by atoms with Crippen LogP contribution < -0.4 is 5.32 Å². The Balaban J connectivity index is 1.55. The number of aliphatic hydroxyl groups excluding tert-OH is 1. The van der Waals surface area contributed by atoms with Gasteiger partial charge in [0.2, 0.25) is 0 Å². The predicted molar refractivity (Wildman–Crippen MR) is 89.8 cm³/mol. The third-order valence-electron chi connectivity index (χ3n) is 3.52. The molecule has 0 saturated carbocycles. The van der Waals surface area contributed by atoms with Gasteiger partial charge in [-0.1, -0.05) is 48.5 Å². The van der Waals surface area contributed by atoms with Gasteiger partial charge in [0.25, 0.3) is 5.91 Å². The number of amides is 1. The summed E-state index contributed by atoms with van der Waals surface area (Å²) in [7, 11) is 0. The SMILES string of the molecule is O=C(NCC(O)Cc1ccccc1)c1cnn(-c2ccccc2)n1. The van der Waals surface area contributed by atoms with E-state index in [-0.39, 0.29) is 18.1 Å². The topological polar surface area (TPSA) is 80.0 Å². The van der Waals surface area contributed by atoms with E-state index >= 15 is 0 Å². The molecule has 0 fully saturated rings. The largest absolute Gasteiger partial charge is 0.391 e. The van der Waals surface area contributed by atoms with Crippen LogP contribution in [0.5, 0.6) is 0 Å². The first-order valence-corrected chi connectivity index (χ1v) is 7.70. The summed E-state index contributed by atoms with van der Waals surface area (Å²) in [4.78, 5) is 13.5. The molecular formula is C18H18N4O2. The average molecular weight is 322 g/mol. The minimum Gasteiger partial charge on any atom is -0.391 e. The zero-order chi connectivity index (χ0) is 16.8. The standard InChI is InChI=1S/C18H18N4O2/c23-16(11-14-7-3-1-4-8-14)12-19-18(24)17-13-20-22(21-17)15-9-5-2-6-10-15/h1-10,13,16,23H,11-12H2,(H,19,24). The fourth-order valence-corrected chi connectivity index (χ4v) is 2.31. The van der Waals surface area contributed by atoms with Crippen molar-refractivity contribution >= 4 is 5.91 Å². The molecular weight excluding hydrogens is 304 g/mol. The fourth-order valence-electron chi connectivity index (χ4n) is 2.31. The minimum atomic E-state index is -0.652. The molecule has 122 valence electrons. The highest BCUT2D eigenvalue weighted by Crippen LogP contribution is 2.05. The molecule has 0 saturated heterocycles. The molecule has 0 spiro atoms. The first-order chi connectivity index (χ1) is 11.7. The number of hydrogen-bond donors (Lipinski definition) is 2. The third kappa shape index (κ3) is 4.05. The van der Waals surface area contributed by atoms with Gasteiger partial charge in [0.05, 0.1) is 18.0 Å². The summed E-state index contributed by atoms with van der Waals surface area (Å²) in [6, 6.07) is 19.0. The van der Waals surface area contributed by atoms with E-state index in [0.29, 0.717) is 6.42 Å². The average Bonchev–Trinajstić information content (AvgIpc) is 3.11. The number of carbonyl (C=O) groups excluding carboxylic acids is 1. The number of carbonyl (C=O) groups is 1. The molecule has 1 aromatic heterocycles. The Bertz CT molecular complexity index is 787. The number of nitrogens with zero attached hydrogens (tertiary/aromatic N) is 3. The van der Waals surface area contributed by atoms with E-state index in [1.54, 1.807) is 0 Å². The van der Waals surface area contributed by atoms with Gasteiger partial charge in [0, 0.05) is 13.0 Å². The van der Waals surface area contributed by atoms with E-state index in [1.165, 1.54) is 11.0 Å². The molecule has 3 rings (SSSR count). The lowest BCUT2D eigenvalue weighted by molar-refractivity contribution is 0.0910. The Kier molecular flexibility index (Phi) is 4.98. The van der Waals surface area contributed by atoms with Crippen molar-refractivity contribution in [2.24, 2.45) is 0 Å². The van der Waals surface area contributed by atoms with Crippen LogP contribution in [0.15, 0.2) is 66.9 Å². The molecule has 2 aromatic carbocycles. The van der Waals surface area contributed by atoms with E-state index in [2.05, 4.69) is 15.5 Å². The highest BCUT2D eigenvalue weighted by atomic mass is 16.3.